The molecule has 2 aromatic rings. The maximum Gasteiger partial charge on any atom is 0.273 e. The number of carbonyl (C=O) groups excluding carboxylic acids is 1. The zero-order valence-corrected chi connectivity index (χ0v) is 9.53. The summed E-state index contributed by atoms with van der Waals surface area (Å²) in [4.78, 5) is 21.1. The Morgan fingerprint density at radius 3 is 2.82 bits per heavy atom. The molecule has 0 saturated heterocycles. The molecule has 7 nitrogen and oxygen atoms in total. The molecule has 2 rings (SSSR count). The van der Waals surface area contributed by atoms with Gasteiger partial charge in [-0.3, -0.25) is 4.79 Å². The van der Waals surface area contributed by atoms with Crippen LogP contribution >= 0.6 is 0 Å². The smallest absolute Gasteiger partial charge is 0.273 e. The van der Waals surface area contributed by atoms with Crippen LogP contribution in [0.5, 0.6) is 0 Å². The first-order valence-electron chi connectivity index (χ1n) is 4.94. The van der Waals surface area contributed by atoms with Crippen LogP contribution in [0.4, 0.5) is 5.82 Å². The Morgan fingerprint density at radius 2 is 2.18 bits per heavy atom. The van der Waals surface area contributed by atoms with Gasteiger partial charge in [0.25, 0.3) is 11.9 Å². The maximum atomic E-state index is 11.6. The fraction of sp³-hybridized carbons (Fsp3) is 0.200. The summed E-state index contributed by atoms with van der Waals surface area (Å²) in [5, 5.41) is 4.09. The number of rotatable bonds is 2. The van der Waals surface area contributed by atoms with Crippen molar-refractivity contribution in [1.29, 1.82) is 0 Å². The van der Waals surface area contributed by atoms with Gasteiger partial charge in [0.1, 0.15) is 5.82 Å². The van der Waals surface area contributed by atoms with Crippen molar-refractivity contribution in [2.75, 3.05) is 19.8 Å². The van der Waals surface area contributed by atoms with E-state index in [0.717, 1.165) is 0 Å². The Hall–Kier alpha value is -2.44. The van der Waals surface area contributed by atoms with E-state index in [1.807, 2.05) is 0 Å². The SMILES string of the molecule is CN(C)C(=O)c1ccn(-c2nccc(N)n2)n1. The number of aromatic nitrogens is 4. The van der Waals surface area contributed by atoms with Gasteiger partial charge in [0, 0.05) is 26.5 Å². The lowest BCUT2D eigenvalue weighted by molar-refractivity contribution is 0.0821. The van der Waals surface area contributed by atoms with E-state index >= 15 is 0 Å². The van der Waals surface area contributed by atoms with E-state index in [0.29, 0.717) is 17.5 Å². The van der Waals surface area contributed by atoms with Gasteiger partial charge in [-0.1, -0.05) is 0 Å². The molecule has 0 atom stereocenters. The Kier molecular flexibility index (Phi) is 2.73. The van der Waals surface area contributed by atoms with Gasteiger partial charge in [0.05, 0.1) is 0 Å². The molecule has 0 aliphatic rings. The van der Waals surface area contributed by atoms with Crippen LogP contribution in [0.2, 0.25) is 0 Å². The lowest BCUT2D eigenvalue weighted by Gasteiger charge is -2.06. The highest BCUT2D eigenvalue weighted by Crippen LogP contribution is 2.05. The number of amides is 1. The van der Waals surface area contributed by atoms with Gasteiger partial charge in [-0.2, -0.15) is 10.1 Å². The van der Waals surface area contributed by atoms with Gasteiger partial charge < -0.3 is 10.6 Å². The van der Waals surface area contributed by atoms with Crippen LogP contribution in [0.25, 0.3) is 5.95 Å². The molecule has 0 aromatic carbocycles. The molecule has 88 valence electrons. The van der Waals surface area contributed by atoms with Crippen molar-refractivity contribution in [2.45, 2.75) is 0 Å². The van der Waals surface area contributed by atoms with Crippen molar-refractivity contribution in [2.24, 2.45) is 0 Å². The highest BCUT2D eigenvalue weighted by molar-refractivity contribution is 5.91. The quantitative estimate of drug-likeness (QED) is 0.783. The molecule has 0 fully saturated rings. The van der Waals surface area contributed by atoms with Gasteiger partial charge in [0.15, 0.2) is 5.69 Å². The fourth-order valence-electron chi connectivity index (χ4n) is 1.25. The average Bonchev–Trinajstić information content (AvgIpc) is 2.77. The van der Waals surface area contributed by atoms with E-state index in [9.17, 15) is 4.79 Å². The summed E-state index contributed by atoms with van der Waals surface area (Å²) in [5.41, 5.74) is 5.88. The predicted molar refractivity (Wildman–Crippen MR) is 61.6 cm³/mol. The molecule has 2 N–H and O–H groups in total. The van der Waals surface area contributed by atoms with Gasteiger partial charge in [-0.15, -0.1) is 0 Å². The normalized spacial score (nSPS) is 10.2. The first-order chi connectivity index (χ1) is 8.08. The molecule has 0 unspecified atom stereocenters. The van der Waals surface area contributed by atoms with E-state index < -0.39 is 0 Å². The van der Waals surface area contributed by atoms with Crippen LogP contribution in [-0.2, 0) is 0 Å². The number of anilines is 1. The van der Waals surface area contributed by atoms with Crippen molar-refractivity contribution in [3.8, 4) is 5.95 Å². The highest BCUT2D eigenvalue weighted by Gasteiger charge is 2.12. The minimum Gasteiger partial charge on any atom is -0.384 e. The molecule has 2 aromatic heterocycles. The van der Waals surface area contributed by atoms with E-state index in [4.69, 9.17) is 5.73 Å². The summed E-state index contributed by atoms with van der Waals surface area (Å²) in [6.45, 7) is 0. The van der Waals surface area contributed by atoms with Gasteiger partial charge in [-0.05, 0) is 12.1 Å². The van der Waals surface area contributed by atoms with Crippen molar-refractivity contribution < 1.29 is 4.79 Å². The molecular weight excluding hydrogens is 220 g/mol. The number of hydrogen-bond acceptors (Lipinski definition) is 5. The zero-order chi connectivity index (χ0) is 12.4. The summed E-state index contributed by atoms with van der Waals surface area (Å²) >= 11 is 0. The molecule has 0 saturated carbocycles. The van der Waals surface area contributed by atoms with Crippen LogP contribution in [0.15, 0.2) is 24.5 Å². The van der Waals surface area contributed by atoms with Crippen LogP contribution in [-0.4, -0.2) is 44.7 Å². The van der Waals surface area contributed by atoms with Crippen molar-refractivity contribution in [3.63, 3.8) is 0 Å². The van der Waals surface area contributed by atoms with Gasteiger partial charge in [-0.25, -0.2) is 9.67 Å². The topological polar surface area (TPSA) is 89.9 Å². The number of nitrogen functional groups attached to an aromatic ring is 1. The summed E-state index contributed by atoms with van der Waals surface area (Å²) in [7, 11) is 3.33. The third-order valence-corrected chi connectivity index (χ3v) is 2.08. The minimum atomic E-state index is -0.173. The van der Waals surface area contributed by atoms with Crippen molar-refractivity contribution in [1.82, 2.24) is 24.6 Å². The van der Waals surface area contributed by atoms with Crippen LogP contribution < -0.4 is 5.73 Å². The Bertz CT molecular complexity index is 547. The first kappa shape index (κ1) is 11.1. The van der Waals surface area contributed by atoms with Crippen molar-refractivity contribution in [3.05, 3.63) is 30.2 Å². The predicted octanol–water partition coefficient (Wildman–Crippen LogP) is -0.0537. The summed E-state index contributed by atoms with van der Waals surface area (Å²) < 4.78 is 1.41. The number of carbonyl (C=O) groups is 1. The van der Waals surface area contributed by atoms with E-state index in [-0.39, 0.29) is 5.91 Å². The average molecular weight is 232 g/mol. The van der Waals surface area contributed by atoms with Gasteiger partial charge in [0.2, 0.25) is 0 Å². The first-order valence-corrected chi connectivity index (χ1v) is 4.94. The molecular formula is C10H12N6O. The Labute approximate surface area is 97.9 Å². The number of hydrogen-bond donors (Lipinski definition) is 1. The molecule has 0 radical (unpaired) electrons. The molecule has 1 amide bonds. The van der Waals surface area contributed by atoms with Gasteiger partial charge >= 0.3 is 0 Å². The second-order valence-electron chi connectivity index (χ2n) is 3.63. The van der Waals surface area contributed by atoms with E-state index in [1.165, 1.54) is 15.8 Å². The van der Waals surface area contributed by atoms with Crippen LogP contribution in [0.3, 0.4) is 0 Å². The van der Waals surface area contributed by atoms with Crippen LogP contribution in [0, 0.1) is 0 Å². The molecule has 7 heteroatoms. The molecule has 0 spiro atoms. The molecule has 0 bridgehead atoms. The molecule has 17 heavy (non-hydrogen) atoms. The van der Waals surface area contributed by atoms with E-state index in [1.54, 1.807) is 32.4 Å². The fourth-order valence-corrected chi connectivity index (χ4v) is 1.25. The summed E-state index contributed by atoms with van der Waals surface area (Å²) in [5.74, 6) is 0.515. The monoisotopic (exact) mass is 232 g/mol. The molecule has 0 aliphatic heterocycles. The second kappa shape index (κ2) is 4.20. The number of nitrogens with two attached hydrogens (primary N) is 1. The molecule has 0 aliphatic carbocycles. The lowest BCUT2D eigenvalue weighted by atomic mass is 10.4. The van der Waals surface area contributed by atoms with Crippen molar-refractivity contribution >= 4 is 11.7 Å². The summed E-state index contributed by atoms with van der Waals surface area (Å²) in [6, 6.07) is 3.19. The Morgan fingerprint density at radius 1 is 1.41 bits per heavy atom. The van der Waals surface area contributed by atoms with Crippen LogP contribution in [0.1, 0.15) is 10.5 Å². The highest BCUT2D eigenvalue weighted by atomic mass is 16.2. The van der Waals surface area contributed by atoms with E-state index in [2.05, 4.69) is 15.1 Å². The molecule has 2 heterocycles. The zero-order valence-electron chi connectivity index (χ0n) is 9.53. The standard InChI is InChI=1S/C10H12N6O/c1-15(2)9(17)7-4-6-16(14-7)10-12-5-3-8(11)13-10/h3-6H,1-2H3,(H2,11,12,13). The third kappa shape index (κ3) is 2.22. The summed E-state index contributed by atoms with van der Waals surface area (Å²) in [6.07, 6.45) is 3.15. The maximum absolute atomic E-state index is 11.6. The number of nitrogens with zero attached hydrogens (tertiary/aromatic N) is 5. The third-order valence-electron chi connectivity index (χ3n) is 2.08. The Balaban J connectivity index is 2.33. The second-order valence-corrected chi connectivity index (χ2v) is 3.63. The largest absolute Gasteiger partial charge is 0.384 e. The minimum absolute atomic E-state index is 0.173. The lowest BCUT2D eigenvalue weighted by Crippen LogP contribution is -2.22.